The van der Waals surface area contributed by atoms with Crippen LogP contribution in [0.2, 0.25) is 0 Å². The number of para-hydroxylation sites is 1. The average molecular weight is 474 g/mol. The fourth-order valence-corrected chi connectivity index (χ4v) is 3.95. The molecule has 0 fully saturated rings. The van der Waals surface area contributed by atoms with Crippen LogP contribution in [0.4, 0.5) is 4.79 Å². The lowest BCUT2D eigenvalue weighted by molar-refractivity contribution is -0.117. The van der Waals surface area contributed by atoms with E-state index in [1.165, 1.54) is 10.8 Å². The molecule has 3 amide bonds. The molecule has 0 aliphatic rings. The van der Waals surface area contributed by atoms with Gasteiger partial charge in [-0.1, -0.05) is 65.9 Å². The number of carbonyl (C=O) groups excluding carboxylic acids is 2. The molecular formula is C24H23N7O2S. The van der Waals surface area contributed by atoms with E-state index in [0.29, 0.717) is 11.0 Å². The van der Waals surface area contributed by atoms with Gasteiger partial charge in [0.15, 0.2) is 5.82 Å². The first-order valence-electron chi connectivity index (χ1n) is 10.5. The lowest BCUT2D eigenvalue weighted by Crippen LogP contribution is -2.40. The summed E-state index contributed by atoms with van der Waals surface area (Å²) < 4.78 is 1.34. The maximum atomic E-state index is 12.1. The van der Waals surface area contributed by atoms with Crippen LogP contribution >= 0.6 is 11.8 Å². The Bertz CT molecular complexity index is 1370. The molecule has 0 aliphatic heterocycles. The van der Waals surface area contributed by atoms with Gasteiger partial charge in [-0.3, -0.25) is 10.1 Å². The van der Waals surface area contributed by atoms with E-state index in [-0.39, 0.29) is 12.3 Å². The van der Waals surface area contributed by atoms with Crippen molar-refractivity contribution < 1.29 is 9.59 Å². The number of imide groups is 1. The minimum atomic E-state index is -0.590. The summed E-state index contributed by atoms with van der Waals surface area (Å²) in [6.45, 7) is 5.80. The average Bonchev–Trinajstić information content (AvgIpc) is 3.21. The van der Waals surface area contributed by atoms with Crippen LogP contribution < -0.4 is 16.5 Å². The fourth-order valence-electron chi connectivity index (χ4n) is 3.29. The first kappa shape index (κ1) is 23.0. The maximum Gasteiger partial charge on any atom is 0.321 e. The second kappa shape index (κ2) is 10.2. The molecular weight excluding hydrogens is 450 g/mol. The monoisotopic (exact) mass is 473 g/mol. The summed E-state index contributed by atoms with van der Waals surface area (Å²) in [5.74, 6) is 6.23. The van der Waals surface area contributed by atoms with Crippen molar-refractivity contribution in [2.75, 3.05) is 18.1 Å². The summed E-state index contributed by atoms with van der Waals surface area (Å²) in [4.78, 5) is 28.5. The number of nitrogens with zero attached hydrogens (tertiary/aromatic N) is 4. The summed E-state index contributed by atoms with van der Waals surface area (Å²) in [7, 11) is 0. The highest BCUT2D eigenvalue weighted by Crippen LogP contribution is 2.32. The van der Waals surface area contributed by atoms with Crippen molar-refractivity contribution in [1.29, 1.82) is 0 Å². The van der Waals surface area contributed by atoms with Gasteiger partial charge in [0.1, 0.15) is 0 Å². The molecule has 172 valence electrons. The number of hydrogen-bond acceptors (Lipinski definition) is 7. The zero-order valence-electron chi connectivity index (χ0n) is 18.5. The molecule has 2 heterocycles. The van der Waals surface area contributed by atoms with Crippen molar-refractivity contribution in [3.63, 3.8) is 0 Å². The molecule has 4 rings (SSSR count). The molecule has 9 nitrogen and oxygen atoms in total. The largest absolute Gasteiger partial charge is 0.335 e. The maximum absolute atomic E-state index is 12.1. The van der Waals surface area contributed by atoms with Crippen molar-refractivity contribution in [3.05, 3.63) is 72.8 Å². The van der Waals surface area contributed by atoms with Crippen molar-refractivity contribution in [2.24, 2.45) is 0 Å². The van der Waals surface area contributed by atoms with E-state index in [4.69, 9.17) is 10.8 Å². The third-order valence-electron chi connectivity index (χ3n) is 4.96. The van der Waals surface area contributed by atoms with Gasteiger partial charge in [-0.2, -0.15) is 0 Å². The first-order chi connectivity index (χ1) is 16.5. The highest BCUT2D eigenvalue weighted by atomic mass is 32.2. The number of nitrogen functional groups attached to an aromatic ring is 1. The van der Waals surface area contributed by atoms with Gasteiger partial charge in [0.25, 0.3) is 0 Å². The lowest BCUT2D eigenvalue weighted by Gasteiger charge is -2.10. The van der Waals surface area contributed by atoms with Crippen LogP contribution in [-0.2, 0) is 4.79 Å². The Morgan fingerprint density at radius 1 is 1.15 bits per heavy atom. The molecule has 0 unspecified atom stereocenters. The van der Waals surface area contributed by atoms with Crippen LogP contribution in [0.1, 0.15) is 5.56 Å². The summed E-state index contributed by atoms with van der Waals surface area (Å²) in [6, 6.07) is 17.2. The second-order valence-corrected chi connectivity index (χ2v) is 8.39. The van der Waals surface area contributed by atoms with E-state index in [9.17, 15) is 9.59 Å². The molecule has 0 saturated heterocycles. The molecule has 0 atom stereocenters. The summed E-state index contributed by atoms with van der Waals surface area (Å²) >= 11 is 1.08. The topological polar surface area (TPSA) is 128 Å². The van der Waals surface area contributed by atoms with Crippen molar-refractivity contribution >= 4 is 34.6 Å². The number of urea groups is 1. The Morgan fingerprint density at radius 2 is 1.91 bits per heavy atom. The molecule has 0 radical (unpaired) electrons. The number of pyridine rings is 1. The van der Waals surface area contributed by atoms with E-state index in [1.807, 2.05) is 61.5 Å². The van der Waals surface area contributed by atoms with E-state index in [2.05, 4.69) is 27.4 Å². The van der Waals surface area contributed by atoms with Gasteiger partial charge >= 0.3 is 6.03 Å². The number of carbonyl (C=O) groups is 2. The van der Waals surface area contributed by atoms with Gasteiger partial charge in [0.2, 0.25) is 11.1 Å². The third-order valence-corrected chi connectivity index (χ3v) is 5.90. The Balaban J connectivity index is 1.61. The Labute approximate surface area is 200 Å². The molecule has 0 saturated carbocycles. The number of hydrogen-bond donors (Lipinski definition) is 3. The summed E-state index contributed by atoms with van der Waals surface area (Å²) in [5.41, 5.74) is 4.50. The van der Waals surface area contributed by atoms with E-state index < -0.39 is 11.9 Å². The van der Waals surface area contributed by atoms with Crippen LogP contribution in [-0.4, -0.2) is 44.1 Å². The van der Waals surface area contributed by atoms with Gasteiger partial charge in [-0.05, 0) is 19.1 Å². The molecule has 0 spiro atoms. The number of benzene rings is 2. The molecule has 0 bridgehead atoms. The quantitative estimate of drug-likeness (QED) is 0.213. The Kier molecular flexibility index (Phi) is 6.88. The zero-order chi connectivity index (χ0) is 24.1. The van der Waals surface area contributed by atoms with Gasteiger partial charge in [-0.15, -0.1) is 16.8 Å². The molecule has 0 aliphatic carbocycles. The number of rotatable bonds is 7. The highest BCUT2D eigenvalue weighted by molar-refractivity contribution is 7.99. The summed E-state index contributed by atoms with van der Waals surface area (Å²) in [5, 5.41) is 14.4. The number of amides is 3. The number of nitrogens with one attached hydrogen (secondary N) is 2. The van der Waals surface area contributed by atoms with E-state index in [1.54, 1.807) is 0 Å². The number of aromatic nitrogens is 4. The predicted octanol–water partition coefficient (Wildman–Crippen LogP) is 3.29. The van der Waals surface area contributed by atoms with Crippen LogP contribution in [0.5, 0.6) is 0 Å². The van der Waals surface area contributed by atoms with Gasteiger partial charge in [-0.25, -0.2) is 14.5 Å². The van der Waals surface area contributed by atoms with Gasteiger partial charge in [0, 0.05) is 23.1 Å². The smallest absolute Gasteiger partial charge is 0.321 e. The SMILES string of the molecule is C=CCNC(=O)NC(=O)CSc1nnc(-c2cc(-c3ccc(C)cc3)nc3ccccc23)n1N. The van der Waals surface area contributed by atoms with E-state index in [0.717, 1.165) is 45.0 Å². The van der Waals surface area contributed by atoms with Crippen LogP contribution in [0.15, 0.2) is 72.4 Å². The number of nitrogens with two attached hydrogens (primary N) is 1. The van der Waals surface area contributed by atoms with Crippen molar-refractivity contribution in [2.45, 2.75) is 12.1 Å². The fraction of sp³-hybridized carbons (Fsp3) is 0.125. The highest BCUT2D eigenvalue weighted by Gasteiger charge is 2.18. The lowest BCUT2D eigenvalue weighted by atomic mass is 10.0. The molecule has 4 N–H and O–H groups in total. The Morgan fingerprint density at radius 3 is 2.68 bits per heavy atom. The van der Waals surface area contributed by atoms with Crippen LogP contribution in [0.25, 0.3) is 33.5 Å². The predicted molar refractivity (Wildman–Crippen MR) is 134 cm³/mol. The molecule has 10 heteroatoms. The molecule has 2 aromatic carbocycles. The van der Waals surface area contributed by atoms with Crippen LogP contribution in [0, 0.1) is 6.92 Å². The first-order valence-corrected chi connectivity index (χ1v) is 11.4. The zero-order valence-corrected chi connectivity index (χ0v) is 19.3. The van der Waals surface area contributed by atoms with E-state index >= 15 is 0 Å². The minimum Gasteiger partial charge on any atom is -0.335 e. The van der Waals surface area contributed by atoms with Crippen molar-refractivity contribution in [1.82, 2.24) is 30.5 Å². The Hall–Kier alpha value is -4.18. The van der Waals surface area contributed by atoms with Gasteiger partial charge < -0.3 is 11.2 Å². The molecule has 4 aromatic rings. The number of aryl methyl sites for hydroxylation is 1. The molecule has 2 aromatic heterocycles. The number of thioether (sulfide) groups is 1. The van der Waals surface area contributed by atoms with Crippen LogP contribution in [0.3, 0.4) is 0 Å². The number of fused-ring (bicyclic) bond motifs is 1. The van der Waals surface area contributed by atoms with Crippen molar-refractivity contribution in [3.8, 4) is 22.6 Å². The third kappa shape index (κ3) is 5.07. The normalized spacial score (nSPS) is 10.7. The second-order valence-electron chi connectivity index (χ2n) is 7.45. The standard InChI is InChI=1S/C24H23N7O2S/c1-3-12-26-23(33)28-21(32)14-34-24-30-29-22(31(24)25)18-13-20(16-10-8-15(2)9-11-16)27-19-7-5-4-6-17(18)19/h3-11,13H,1,12,14,25H2,2H3,(H2,26,28,32,33). The minimum absolute atomic E-state index is 0.0530. The summed E-state index contributed by atoms with van der Waals surface area (Å²) in [6.07, 6.45) is 1.52. The van der Waals surface area contributed by atoms with Gasteiger partial charge in [0.05, 0.1) is 17.0 Å². The molecule has 34 heavy (non-hydrogen) atoms.